The lowest BCUT2D eigenvalue weighted by Gasteiger charge is -2.12. The van der Waals surface area contributed by atoms with E-state index in [2.05, 4.69) is 15.2 Å². The SMILES string of the molecule is COc1ccccc1NS(=O)(=O)c1ccc(N/N=C/c2ccccc2C(=O)[O-])c([N+](=O)[O-])c1. The van der Waals surface area contributed by atoms with Crippen LogP contribution in [0, 0.1) is 10.1 Å². The molecule has 0 radical (unpaired) electrons. The largest absolute Gasteiger partial charge is 0.545 e. The molecule has 3 aromatic rings. The predicted molar refractivity (Wildman–Crippen MR) is 119 cm³/mol. The Kier molecular flexibility index (Phi) is 6.88. The first-order chi connectivity index (χ1) is 15.7. The number of carbonyl (C=O) groups excluding carboxylic acids is 1. The van der Waals surface area contributed by atoms with Crippen molar-refractivity contribution in [3.63, 3.8) is 0 Å². The maximum atomic E-state index is 12.8. The maximum Gasteiger partial charge on any atom is 0.295 e. The molecule has 0 aliphatic rings. The molecule has 0 amide bonds. The highest BCUT2D eigenvalue weighted by molar-refractivity contribution is 7.92. The highest BCUT2D eigenvalue weighted by Gasteiger charge is 2.22. The number of methoxy groups -OCH3 is 1. The number of nitro groups is 1. The van der Waals surface area contributed by atoms with Crippen molar-refractivity contribution in [2.45, 2.75) is 4.90 Å². The third-order valence-electron chi connectivity index (χ3n) is 4.40. The van der Waals surface area contributed by atoms with Crippen molar-refractivity contribution in [1.29, 1.82) is 0 Å². The van der Waals surface area contributed by atoms with E-state index in [-0.39, 0.29) is 33.1 Å². The number of hydrogen-bond acceptors (Lipinski definition) is 9. The molecule has 0 unspecified atom stereocenters. The number of carbonyl (C=O) groups is 1. The first-order valence-corrected chi connectivity index (χ1v) is 10.7. The number of para-hydroxylation sites is 2. The lowest BCUT2D eigenvalue weighted by Crippen LogP contribution is -2.23. The number of sulfonamides is 1. The molecule has 12 heteroatoms. The summed E-state index contributed by atoms with van der Waals surface area (Å²) in [5.41, 5.74) is 2.06. The highest BCUT2D eigenvalue weighted by Crippen LogP contribution is 2.30. The summed E-state index contributed by atoms with van der Waals surface area (Å²) in [6.07, 6.45) is 1.16. The van der Waals surface area contributed by atoms with Gasteiger partial charge in [-0.1, -0.05) is 36.4 Å². The minimum atomic E-state index is -4.17. The van der Waals surface area contributed by atoms with Crippen molar-refractivity contribution < 1.29 is 28.0 Å². The second-order valence-electron chi connectivity index (χ2n) is 6.49. The van der Waals surface area contributed by atoms with E-state index >= 15 is 0 Å². The summed E-state index contributed by atoms with van der Waals surface area (Å²) in [4.78, 5) is 21.6. The quantitative estimate of drug-likeness (QED) is 0.274. The number of benzene rings is 3. The number of nitrogens with zero attached hydrogens (tertiary/aromatic N) is 2. The van der Waals surface area contributed by atoms with Crippen molar-refractivity contribution in [2.24, 2.45) is 5.10 Å². The Morgan fingerprint density at radius 1 is 1.06 bits per heavy atom. The molecule has 0 bridgehead atoms. The summed E-state index contributed by atoms with van der Waals surface area (Å²) in [6.45, 7) is 0. The van der Waals surface area contributed by atoms with Crippen LogP contribution >= 0.6 is 0 Å². The van der Waals surface area contributed by atoms with Crippen LogP contribution < -0.4 is 20.0 Å². The van der Waals surface area contributed by atoms with Crippen molar-refractivity contribution in [2.75, 3.05) is 17.3 Å². The number of rotatable bonds is 9. The van der Waals surface area contributed by atoms with Gasteiger partial charge in [0.15, 0.2) is 0 Å². The van der Waals surface area contributed by atoms with Gasteiger partial charge in [-0.25, -0.2) is 8.42 Å². The van der Waals surface area contributed by atoms with Crippen LogP contribution in [0.15, 0.2) is 76.7 Å². The molecule has 0 aromatic heterocycles. The van der Waals surface area contributed by atoms with Gasteiger partial charge in [-0.15, -0.1) is 0 Å². The summed E-state index contributed by atoms with van der Waals surface area (Å²) in [6, 6.07) is 15.4. The Morgan fingerprint density at radius 2 is 1.76 bits per heavy atom. The zero-order valence-electron chi connectivity index (χ0n) is 17.1. The fourth-order valence-corrected chi connectivity index (χ4v) is 3.91. The average Bonchev–Trinajstić information content (AvgIpc) is 2.79. The Bertz CT molecular complexity index is 1340. The van der Waals surface area contributed by atoms with Crippen LogP contribution in [-0.4, -0.2) is 32.6 Å². The summed E-state index contributed by atoms with van der Waals surface area (Å²) in [5.74, 6) is -1.12. The van der Waals surface area contributed by atoms with E-state index in [1.807, 2.05) is 0 Å². The Hall–Kier alpha value is -4.45. The van der Waals surface area contributed by atoms with E-state index in [4.69, 9.17) is 4.74 Å². The molecule has 2 N–H and O–H groups in total. The number of carboxylic acid groups (broad SMARTS) is 1. The number of ether oxygens (including phenoxy) is 1. The van der Waals surface area contributed by atoms with Gasteiger partial charge in [0.2, 0.25) is 0 Å². The fourth-order valence-electron chi connectivity index (χ4n) is 2.82. The van der Waals surface area contributed by atoms with Gasteiger partial charge in [0.25, 0.3) is 15.7 Å². The lowest BCUT2D eigenvalue weighted by atomic mass is 10.1. The Balaban J connectivity index is 1.88. The Morgan fingerprint density at radius 3 is 2.45 bits per heavy atom. The average molecular weight is 469 g/mol. The molecule has 0 fully saturated rings. The topological polar surface area (TPSA) is 163 Å². The van der Waals surface area contributed by atoms with Gasteiger partial charge in [-0.3, -0.25) is 20.3 Å². The first-order valence-electron chi connectivity index (χ1n) is 9.26. The molecule has 0 aliphatic heterocycles. The molecule has 33 heavy (non-hydrogen) atoms. The van der Waals surface area contributed by atoms with Gasteiger partial charge in [0, 0.05) is 17.2 Å². The van der Waals surface area contributed by atoms with Crippen LogP contribution in [0.3, 0.4) is 0 Å². The van der Waals surface area contributed by atoms with Gasteiger partial charge < -0.3 is 14.6 Å². The number of nitrogens with one attached hydrogen (secondary N) is 2. The minimum absolute atomic E-state index is 0.0987. The maximum absolute atomic E-state index is 12.8. The standard InChI is InChI=1S/C21H18N4O7S/c1-32-20-9-5-4-8-18(20)24-33(30,31)15-10-11-17(19(12-15)25(28)29)23-22-13-14-6-2-3-7-16(14)21(26)27/h2-13,23-24H,1H3,(H,26,27)/p-1/b22-13+. The molecule has 0 atom stereocenters. The number of hydrazone groups is 1. The molecule has 0 spiro atoms. The van der Waals surface area contributed by atoms with Crippen molar-refractivity contribution >= 4 is 39.3 Å². The zero-order chi connectivity index (χ0) is 24.0. The lowest BCUT2D eigenvalue weighted by molar-refractivity contribution is -0.384. The molecule has 11 nitrogen and oxygen atoms in total. The first kappa shape index (κ1) is 23.2. The normalized spacial score (nSPS) is 11.2. The zero-order valence-corrected chi connectivity index (χ0v) is 17.9. The van der Waals surface area contributed by atoms with E-state index in [1.54, 1.807) is 24.3 Å². The monoisotopic (exact) mass is 469 g/mol. The number of hydrogen-bond donors (Lipinski definition) is 2. The van der Waals surface area contributed by atoms with E-state index in [1.165, 1.54) is 37.4 Å². The molecule has 3 aromatic carbocycles. The summed E-state index contributed by atoms with van der Waals surface area (Å²) in [7, 11) is -2.79. The van der Waals surface area contributed by atoms with Gasteiger partial charge in [-0.05, 0) is 24.3 Å². The summed E-state index contributed by atoms with van der Waals surface area (Å²) >= 11 is 0. The molecule has 0 saturated carbocycles. The van der Waals surface area contributed by atoms with Gasteiger partial charge in [-0.2, -0.15) is 5.10 Å². The fraction of sp³-hybridized carbons (Fsp3) is 0.0476. The molecular formula is C21H17N4O7S-. The van der Waals surface area contributed by atoms with Crippen molar-refractivity contribution in [1.82, 2.24) is 0 Å². The summed E-state index contributed by atoms with van der Waals surface area (Å²) < 4.78 is 33.0. The second-order valence-corrected chi connectivity index (χ2v) is 8.17. The van der Waals surface area contributed by atoms with E-state index in [9.17, 15) is 28.4 Å². The molecule has 0 saturated heterocycles. The van der Waals surface area contributed by atoms with E-state index in [0.29, 0.717) is 0 Å². The number of carboxylic acids is 1. The van der Waals surface area contributed by atoms with Gasteiger partial charge in [0.1, 0.15) is 11.4 Å². The summed E-state index contributed by atoms with van der Waals surface area (Å²) in [5, 5.41) is 26.5. The number of aromatic carboxylic acids is 1. The molecule has 3 rings (SSSR count). The van der Waals surface area contributed by atoms with Crippen LogP contribution in [0.4, 0.5) is 17.1 Å². The van der Waals surface area contributed by atoms with E-state index < -0.39 is 26.6 Å². The van der Waals surface area contributed by atoms with Crippen molar-refractivity contribution in [3.8, 4) is 5.75 Å². The van der Waals surface area contributed by atoms with Crippen LogP contribution in [0.5, 0.6) is 5.75 Å². The molecule has 170 valence electrons. The second kappa shape index (κ2) is 9.78. The van der Waals surface area contributed by atoms with Crippen LogP contribution in [-0.2, 0) is 10.0 Å². The molecular weight excluding hydrogens is 452 g/mol. The Labute approximate surface area is 188 Å². The van der Waals surface area contributed by atoms with Crippen LogP contribution in [0.1, 0.15) is 15.9 Å². The van der Waals surface area contributed by atoms with Crippen molar-refractivity contribution in [3.05, 3.63) is 88.0 Å². The number of nitro benzene ring substituents is 1. The molecule has 0 heterocycles. The minimum Gasteiger partial charge on any atom is -0.545 e. The number of anilines is 2. The highest BCUT2D eigenvalue weighted by atomic mass is 32.2. The smallest absolute Gasteiger partial charge is 0.295 e. The third-order valence-corrected chi connectivity index (χ3v) is 5.76. The van der Waals surface area contributed by atoms with Crippen LogP contribution in [0.2, 0.25) is 0 Å². The van der Waals surface area contributed by atoms with Crippen LogP contribution in [0.25, 0.3) is 0 Å². The predicted octanol–water partition coefficient (Wildman–Crippen LogP) is 2.21. The van der Waals surface area contributed by atoms with Gasteiger partial charge in [0.05, 0.1) is 34.8 Å². The third kappa shape index (κ3) is 5.43. The molecule has 0 aliphatic carbocycles. The van der Waals surface area contributed by atoms with E-state index in [0.717, 1.165) is 18.3 Å². The van der Waals surface area contributed by atoms with Gasteiger partial charge >= 0.3 is 0 Å².